The third-order valence-corrected chi connectivity index (χ3v) is 6.28. The van der Waals surface area contributed by atoms with Crippen LogP contribution in [0.5, 0.6) is 5.75 Å². The summed E-state index contributed by atoms with van der Waals surface area (Å²) in [6.45, 7) is 4.65. The largest absolute Gasteiger partial charge is 0.496 e. The normalized spacial score (nSPS) is 18.8. The second-order valence-corrected chi connectivity index (χ2v) is 8.12. The molecule has 3 heterocycles. The van der Waals surface area contributed by atoms with Crippen LogP contribution >= 0.6 is 0 Å². The van der Waals surface area contributed by atoms with Crippen LogP contribution in [0.4, 0.5) is 0 Å². The molecule has 1 atom stereocenters. The molecule has 32 heavy (non-hydrogen) atoms. The van der Waals surface area contributed by atoms with Crippen molar-refractivity contribution >= 4 is 16.9 Å². The highest BCUT2D eigenvalue weighted by Crippen LogP contribution is 2.41. The second-order valence-electron chi connectivity index (χ2n) is 8.12. The second kappa shape index (κ2) is 8.76. The van der Waals surface area contributed by atoms with Gasteiger partial charge in [0.25, 0.3) is 5.91 Å². The fraction of sp³-hybridized carbons (Fsp3) is 0.360. The predicted octanol–water partition coefficient (Wildman–Crippen LogP) is 3.07. The van der Waals surface area contributed by atoms with Crippen molar-refractivity contribution in [3.8, 4) is 5.75 Å². The number of hydrogen-bond acceptors (Lipinski definition) is 6. The van der Waals surface area contributed by atoms with Gasteiger partial charge in [-0.15, -0.1) is 0 Å². The van der Waals surface area contributed by atoms with Gasteiger partial charge in [0.15, 0.2) is 5.43 Å². The zero-order valence-corrected chi connectivity index (χ0v) is 18.1. The number of para-hydroxylation sites is 2. The maximum atomic E-state index is 13.5. The first-order valence-corrected chi connectivity index (χ1v) is 11.0. The number of rotatable bonds is 6. The molecule has 1 fully saturated rings. The van der Waals surface area contributed by atoms with Crippen LogP contribution in [0.25, 0.3) is 11.0 Å². The van der Waals surface area contributed by atoms with Crippen molar-refractivity contribution < 1.29 is 18.7 Å². The highest BCUT2D eigenvalue weighted by Gasteiger charge is 2.43. The van der Waals surface area contributed by atoms with Crippen molar-refractivity contribution in [1.29, 1.82) is 0 Å². The van der Waals surface area contributed by atoms with Gasteiger partial charge in [0, 0.05) is 31.7 Å². The van der Waals surface area contributed by atoms with Crippen molar-refractivity contribution in [2.45, 2.75) is 12.5 Å². The molecule has 0 spiro atoms. The minimum absolute atomic E-state index is 0.135. The first kappa shape index (κ1) is 20.7. The summed E-state index contributed by atoms with van der Waals surface area (Å²) in [5, 5.41) is 0.481. The Morgan fingerprint density at radius 3 is 2.56 bits per heavy atom. The number of carbonyl (C=O) groups excluding carboxylic acids is 1. The van der Waals surface area contributed by atoms with Gasteiger partial charge in [0.2, 0.25) is 5.76 Å². The van der Waals surface area contributed by atoms with Gasteiger partial charge < -0.3 is 18.8 Å². The number of benzene rings is 2. The molecule has 0 radical (unpaired) electrons. The number of ether oxygens (including phenoxy) is 2. The first-order chi connectivity index (χ1) is 15.7. The van der Waals surface area contributed by atoms with E-state index in [0.717, 1.165) is 44.8 Å². The van der Waals surface area contributed by atoms with Crippen LogP contribution in [-0.4, -0.2) is 62.2 Å². The maximum Gasteiger partial charge on any atom is 0.290 e. The molecule has 0 saturated carbocycles. The zero-order valence-electron chi connectivity index (χ0n) is 18.1. The highest BCUT2D eigenvalue weighted by molar-refractivity contribution is 5.99. The Morgan fingerprint density at radius 2 is 1.75 bits per heavy atom. The molecule has 166 valence electrons. The van der Waals surface area contributed by atoms with Crippen LogP contribution in [-0.2, 0) is 4.74 Å². The molecule has 7 heteroatoms. The van der Waals surface area contributed by atoms with Crippen molar-refractivity contribution in [3.05, 3.63) is 75.6 Å². The van der Waals surface area contributed by atoms with E-state index in [0.29, 0.717) is 28.8 Å². The number of hydrogen-bond donors (Lipinski definition) is 0. The van der Waals surface area contributed by atoms with Crippen LogP contribution in [0.1, 0.15) is 34.1 Å². The summed E-state index contributed by atoms with van der Waals surface area (Å²) in [5.41, 5.74) is 1.45. The van der Waals surface area contributed by atoms with Crippen molar-refractivity contribution in [3.63, 3.8) is 0 Å². The van der Waals surface area contributed by atoms with E-state index in [1.165, 1.54) is 0 Å². The lowest BCUT2D eigenvalue weighted by atomic mass is 9.97. The molecule has 3 aromatic rings. The van der Waals surface area contributed by atoms with Gasteiger partial charge in [-0.2, -0.15) is 0 Å². The molecule has 1 amide bonds. The van der Waals surface area contributed by atoms with E-state index in [1.807, 2.05) is 24.3 Å². The van der Waals surface area contributed by atoms with Crippen LogP contribution < -0.4 is 10.2 Å². The summed E-state index contributed by atoms with van der Waals surface area (Å²) < 4.78 is 17.0. The third kappa shape index (κ3) is 3.57. The molecule has 2 aromatic carbocycles. The molecule has 5 rings (SSSR count). The summed E-state index contributed by atoms with van der Waals surface area (Å²) >= 11 is 0. The Bertz CT molecular complexity index is 1200. The molecule has 1 saturated heterocycles. The average molecular weight is 434 g/mol. The molecule has 7 nitrogen and oxygen atoms in total. The number of morpholine rings is 1. The lowest BCUT2D eigenvalue weighted by molar-refractivity contribution is 0.0353. The Morgan fingerprint density at radius 1 is 1.00 bits per heavy atom. The minimum Gasteiger partial charge on any atom is -0.496 e. The first-order valence-electron chi connectivity index (χ1n) is 11.0. The molecule has 0 bridgehead atoms. The number of amides is 1. The fourth-order valence-corrected chi connectivity index (χ4v) is 4.70. The van der Waals surface area contributed by atoms with Gasteiger partial charge in [0.1, 0.15) is 11.3 Å². The van der Waals surface area contributed by atoms with Crippen LogP contribution in [0.3, 0.4) is 0 Å². The maximum absolute atomic E-state index is 13.5. The van der Waals surface area contributed by atoms with Crippen molar-refractivity contribution in [2.75, 3.05) is 46.5 Å². The number of carbonyl (C=O) groups is 1. The molecule has 0 N–H and O–H groups in total. The van der Waals surface area contributed by atoms with Gasteiger partial charge in [-0.25, -0.2) is 0 Å². The molecule has 1 aromatic heterocycles. The zero-order chi connectivity index (χ0) is 22.1. The number of methoxy groups -OCH3 is 1. The average Bonchev–Trinajstić information content (AvgIpc) is 3.11. The third-order valence-electron chi connectivity index (χ3n) is 6.28. The van der Waals surface area contributed by atoms with E-state index < -0.39 is 6.04 Å². The van der Waals surface area contributed by atoms with E-state index in [1.54, 1.807) is 36.3 Å². The van der Waals surface area contributed by atoms with Gasteiger partial charge in [0.05, 0.1) is 37.3 Å². The Labute approximate surface area is 186 Å². The number of nitrogens with zero attached hydrogens (tertiary/aromatic N) is 2. The summed E-state index contributed by atoms with van der Waals surface area (Å²) in [7, 11) is 1.60. The van der Waals surface area contributed by atoms with E-state index in [9.17, 15) is 9.59 Å². The molecule has 0 aliphatic carbocycles. The van der Waals surface area contributed by atoms with Crippen molar-refractivity contribution in [2.24, 2.45) is 0 Å². The van der Waals surface area contributed by atoms with Gasteiger partial charge in [-0.05, 0) is 24.6 Å². The summed E-state index contributed by atoms with van der Waals surface area (Å²) in [4.78, 5) is 31.1. The minimum atomic E-state index is -0.542. The predicted molar refractivity (Wildman–Crippen MR) is 120 cm³/mol. The van der Waals surface area contributed by atoms with Gasteiger partial charge in [-0.3, -0.25) is 14.5 Å². The van der Waals surface area contributed by atoms with E-state index >= 15 is 0 Å². The van der Waals surface area contributed by atoms with Gasteiger partial charge in [-0.1, -0.05) is 30.3 Å². The Hall–Kier alpha value is -3.16. The molecule has 0 unspecified atom stereocenters. The Kier molecular flexibility index (Phi) is 5.68. The van der Waals surface area contributed by atoms with E-state index in [-0.39, 0.29) is 17.1 Å². The van der Waals surface area contributed by atoms with Crippen LogP contribution in [0, 0.1) is 0 Å². The van der Waals surface area contributed by atoms with Crippen molar-refractivity contribution in [1.82, 2.24) is 9.80 Å². The molecular formula is C25H26N2O5. The lowest BCUT2D eigenvalue weighted by Gasteiger charge is -2.29. The fourth-order valence-electron chi connectivity index (χ4n) is 4.70. The SMILES string of the molecule is COc1ccccc1[C@H]1c2c(oc3ccccc3c2=O)C(=O)N1CCCN1CCOCC1. The summed E-state index contributed by atoms with van der Waals surface area (Å²) in [5.74, 6) is 0.528. The van der Waals surface area contributed by atoms with E-state index in [4.69, 9.17) is 13.9 Å². The quantitative estimate of drug-likeness (QED) is 0.594. The smallest absolute Gasteiger partial charge is 0.290 e. The summed E-state index contributed by atoms with van der Waals surface area (Å²) in [6, 6.07) is 14.1. The highest BCUT2D eigenvalue weighted by atomic mass is 16.5. The Balaban J connectivity index is 1.55. The molecule has 2 aliphatic rings. The van der Waals surface area contributed by atoms with Crippen LogP contribution in [0.15, 0.2) is 57.7 Å². The van der Waals surface area contributed by atoms with E-state index in [2.05, 4.69) is 4.90 Å². The number of fused-ring (bicyclic) bond motifs is 2. The monoisotopic (exact) mass is 434 g/mol. The van der Waals surface area contributed by atoms with Crippen LogP contribution in [0.2, 0.25) is 0 Å². The standard InChI is InChI=1S/C25H26N2O5/c1-30-19-9-4-2-7-17(19)22-21-23(28)18-8-3-5-10-20(18)32-24(21)25(29)27(22)12-6-11-26-13-15-31-16-14-26/h2-5,7-10,22H,6,11-16H2,1H3/t22-/m0/s1. The lowest BCUT2D eigenvalue weighted by Crippen LogP contribution is -2.38. The molecule has 2 aliphatic heterocycles. The van der Waals surface area contributed by atoms with Gasteiger partial charge >= 0.3 is 0 Å². The topological polar surface area (TPSA) is 72.2 Å². The molecular weight excluding hydrogens is 408 g/mol. The summed E-state index contributed by atoms with van der Waals surface area (Å²) in [6.07, 6.45) is 0.791.